The number of hydrogen-bond donors (Lipinski definition) is 0. The van der Waals surface area contributed by atoms with Crippen LogP contribution >= 0.6 is 0 Å². The Morgan fingerprint density at radius 3 is 1.52 bits per heavy atom. The lowest BCUT2D eigenvalue weighted by Crippen LogP contribution is -2.28. The van der Waals surface area contributed by atoms with Crippen LogP contribution in [0.3, 0.4) is 0 Å². The number of benzene rings is 6. The predicted octanol–water partition coefficient (Wildman–Crippen LogP) is 13.8. The van der Waals surface area contributed by atoms with Crippen LogP contribution in [0.1, 0.15) is 33.4 Å². The molecule has 66 heavy (non-hydrogen) atoms. The second-order valence-electron chi connectivity index (χ2n) is 16.5. The van der Waals surface area contributed by atoms with Crippen LogP contribution in [0.15, 0.2) is 182 Å². The van der Waals surface area contributed by atoms with Crippen molar-refractivity contribution in [2.75, 3.05) is 0 Å². The normalized spacial score (nSPS) is 11.8. The first-order valence-corrected chi connectivity index (χ1v) is 23.0. The molecule has 6 nitrogen and oxygen atoms in total. The van der Waals surface area contributed by atoms with Gasteiger partial charge in [0.05, 0.1) is 17.1 Å². The Labute approximate surface area is 382 Å². The smallest absolute Gasteiger partial charge is 0.375 e. The number of halogens is 3. The second kappa shape index (κ2) is 18.6. The second-order valence-corrected chi connectivity index (χ2v) is 18.1. The molecule has 0 spiro atoms. The summed E-state index contributed by atoms with van der Waals surface area (Å²) in [7, 11) is -6.04. The molecule has 0 aliphatic carbocycles. The van der Waals surface area contributed by atoms with Crippen LogP contribution in [0, 0.1) is 13.8 Å². The molecule has 3 heterocycles. The summed E-state index contributed by atoms with van der Waals surface area (Å²) >= 11 is 0. The van der Waals surface area contributed by atoms with Gasteiger partial charge in [0.25, 0.3) is 0 Å². The van der Waals surface area contributed by atoms with Gasteiger partial charge >= 0.3 is 15.6 Å². The van der Waals surface area contributed by atoms with Crippen molar-refractivity contribution < 1.29 is 25.8 Å². The Morgan fingerprint density at radius 1 is 0.455 bits per heavy atom. The lowest BCUT2D eigenvalue weighted by atomic mass is 9.89. The number of hydrogen-bond acceptors (Lipinski definition) is 6. The molecule has 10 heteroatoms. The summed E-state index contributed by atoms with van der Waals surface area (Å²) in [5.74, 6) is -0.461. The molecule has 0 atom stereocenters. The van der Waals surface area contributed by atoms with Crippen LogP contribution in [0.4, 0.5) is 13.2 Å². The highest BCUT2D eigenvalue weighted by Gasteiger charge is 2.49. The summed E-state index contributed by atoms with van der Waals surface area (Å²) in [6, 6.07) is 52.7. The van der Waals surface area contributed by atoms with Gasteiger partial charge < -0.3 is 4.18 Å². The van der Waals surface area contributed by atoms with Crippen LogP contribution in [0.5, 0.6) is 5.75 Å². The van der Waals surface area contributed by atoms with E-state index in [1.807, 2.05) is 74.8 Å². The fraction of sp³-hybridized carbons (Fsp3) is 0.125. The van der Waals surface area contributed by atoms with Crippen LogP contribution in [0.2, 0.25) is 0 Å². The van der Waals surface area contributed by atoms with Gasteiger partial charge in [-0.05, 0) is 137 Å². The molecule has 9 rings (SSSR count). The van der Waals surface area contributed by atoms with E-state index in [4.69, 9.17) is 4.18 Å². The van der Waals surface area contributed by atoms with Crippen molar-refractivity contribution in [2.24, 2.45) is 0 Å². The summed E-state index contributed by atoms with van der Waals surface area (Å²) in [6.45, 7) is 4.10. The molecule has 9 aromatic rings. The van der Waals surface area contributed by atoms with Gasteiger partial charge in [0.1, 0.15) is 0 Å². The van der Waals surface area contributed by atoms with E-state index < -0.39 is 21.4 Å². The lowest BCUT2D eigenvalue weighted by molar-refractivity contribution is -0.0499. The molecule has 0 bridgehead atoms. The maximum Gasteiger partial charge on any atom is 0.534 e. The summed E-state index contributed by atoms with van der Waals surface area (Å²) in [5.41, 5.74) is 8.11. The zero-order chi connectivity index (χ0) is 45.8. The monoisotopic (exact) mass is 895 g/mol. The van der Waals surface area contributed by atoms with E-state index in [1.165, 1.54) is 6.07 Å². The van der Waals surface area contributed by atoms with Gasteiger partial charge in [-0.2, -0.15) is 21.6 Å². The van der Waals surface area contributed by atoms with Gasteiger partial charge in [-0.25, -0.2) is 0 Å². The van der Waals surface area contributed by atoms with Crippen molar-refractivity contribution in [1.82, 2.24) is 15.0 Å². The third-order valence-corrected chi connectivity index (χ3v) is 12.7. The van der Waals surface area contributed by atoms with E-state index in [0.717, 1.165) is 97.9 Å². The van der Waals surface area contributed by atoms with Gasteiger partial charge in [0, 0.05) is 46.2 Å². The van der Waals surface area contributed by atoms with E-state index in [1.54, 1.807) is 36.5 Å². The molecular weight excluding hydrogens is 852 g/mol. The van der Waals surface area contributed by atoms with Crippen molar-refractivity contribution >= 4 is 20.9 Å². The Balaban J connectivity index is 1.08. The third kappa shape index (κ3) is 9.94. The summed E-state index contributed by atoms with van der Waals surface area (Å²) in [5, 5.41) is 1.75. The number of nitrogens with zero attached hydrogens (tertiary/aromatic N) is 3. The van der Waals surface area contributed by atoms with E-state index >= 15 is 0 Å². The molecule has 0 unspecified atom stereocenters. The SMILES string of the molecule is Cc1ccnc(-c2ccc(CCc3cc(CCc4ccc(-c5cc(C)ccn5)cc4)cc(-c4ccccc4-c4ccc(-c5cc6ccccc6cn5)cc4OS(=O)(=O)C(F)(F)F)c3)cc2)c1. The molecular formula is C56H44F3N3O3S. The van der Waals surface area contributed by atoms with Crippen molar-refractivity contribution in [2.45, 2.75) is 45.0 Å². The molecule has 0 fully saturated rings. The molecule has 0 N–H and O–H groups in total. The fourth-order valence-electron chi connectivity index (χ4n) is 8.21. The highest BCUT2D eigenvalue weighted by atomic mass is 32.2. The number of aromatic nitrogens is 3. The summed E-state index contributed by atoms with van der Waals surface area (Å²) in [6.07, 6.45) is 8.26. The van der Waals surface area contributed by atoms with Crippen molar-refractivity contribution in [3.05, 3.63) is 216 Å². The molecule has 0 radical (unpaired) electrons. The van der Waals surface area contributed by atoms with Gasteiger partial charge in [0.2, 0.25) is 0 Å². The third-order valence-electron chi connectivity index (χ3n) is 11.7. The number of alkyl halides is 3. The average Bonchev–Trinajstić information content (AvgIpc) is 3.32. The number of aryl methyl sites for hydroxylation is 6. The average molecular weight is 896 g/mol. The van der Waals surface area contributed by atoms with Gasteiger partial charge in [-0.3, -0.25) is 15.0 Å². The zero-order valence-electron chi connectivity index (χ0n) is 36.3. The number of fused-ring (bicyclic) bond motifs is 1. The Hall–Kier alpha value is -7.43. The maximum absolute atomic E-state index is 14.0. The standard InChI is InChI=1S/C56H44F3N3O3S/c1-37-25-27-60-52(29-37)43-19-15-39(16-20-43)11-13-41-31-42(14-12-40-17-21-44(22-18-40)53-30-38(2)26-28-61-53)33-48(32-41)49-9-5-6-10-50(49)51-24-23-46(35-55(51)65-66(63,64)56(57,58)59)54-34-45-7-3-4-8-47(45)36-62-54/h3-10,15-36H,11-14H2,1-2H3. The van der Waals surface area contributed by atoms with Gasteiger partial charge in [0.15, 0.2) is 5.75 Å². The van der Waals surface area contributed by atoms with Crippen LogP contribution in [-0.4, -0.2) is 28.9 Å². The Morgan fingerprint density at radius 2 is 0.955 bits per heavy atom. The maximum atomic E-state index is 14.0. The molecule has 0 saturated carbocycles. The first kappa shape index (κ1) is 43.8. The van der Waals surface area contributed by atoms with Crippen LogP contribution in [-0.2, 0) is 35.8 Å². The van der Waals surface area contributed by atoms with E-state index in [0.29, 0.717) is 22.4 Å². The number of pyridine rings is 3. The number of rotatable bonds is 13. The minimum absolute atomic E-state index is 0.182. The first-order valence-electron chi connectivity index (χ1n) is 21.6. The van der Waals surface area contributed by atoms with E-state index in [2.05, 4.69) is 93.8 Å². The topological polar surface area (TPSA) is 82.0 Å². The molecule has 0 saturated heterocycles. The summed E-state index contributed by atoms with van der Waals surface area (Å²) < 4.78 is 72.3. The van der Waals surface area contributed by atoms with Gasteiger partial charge in [-0.1, -0.05) is 121 Å². The van der Waals surface area contributed by atoms with Crippen molar-refractivity contribution in [1.29, 1.82) is 0 Å². The van der Waals surface area contributed by atoms with E-state index in [-0.39, 0.29) is 5.56 Å². The largest absolute Gasteiger partial charge is 0.534 e. The molecule has 0 aliphatic rings. The van der Waals surface area contributed by atoms with E-state index in [9.17, 15) is 21.6 Å². The molecule has 328 valence electrons. The summed E-state index contributed by atoms with van der Waals surface area (Å²) in [4.78, 5) is 13.6. The lowest BCUT2D eigenvalue weighted by Gasteiger charge is -2.18. The molecule has 3 aromatic heterocycles. The predicted molar refractivity (Wildman–Crippen MR) is 257 cm³/mol. The van der Waals surface area contributed by atoms with Gasteiger partial charge in [-0.15, -0.1) is 0 Å². The van der Waals surface area contributed by atoms with Crippen molar-refractivity contribution in [3.8, 4) is 61.8 Å². The molecule has 6 aromatic carbocycles. The first-order chi connectivity index (χ1) is 31.8. The fourth-order valence-corrected chi connectivity index (χ4v) is 8.68. The highest BCUT2D eigenvalue weighted by Crippen LogP contribution is 2.42. The Kier molecular flexibility index (Phi) is 12.3. The molecule has 0 aliphatic heterocycles. The Bertz CT molecular complexity index is 3210. The zero-order valence-corrected chi connectivity index (χ0v) is 37.1. The van der Waals surface area contributed by atoms with Crippen LogP contribution < -0.4 is 4.18 Å². The van der Waals surface area contributed by atoms with Crippen molar-refractivity contribution in [3.63, 3.8) is 0 Å². The molecule has 0 amide bonds. The van der Waals surface area contributed by atoms with Crippen LogP contribution in [0.25, 0.3) is 66.8 Å². The minimum Gasteiger partial charge on any atom is -0.375 e. The quantitative estimate of drug-likeness (QED) is 0.0847. The highest BCUT2D eigenvalue weighted by molar-refractivity contribution is 7.88. The minimum atomic E-state index is -6.04.